The van der Waals surface area contributed by atoms with Crippen molar-refractivity contribution in [2.75, 3.05) is 13.7 Å². The van der Waals surface area contributed by atoms with Crippen molar-refractivity contribution < 1.29 is 9.53 Å². The zero-order valence-electron chi connectivity index (χ0n) is 8.13. The fourth-order valence-corrected chi connectivity index (χ4v) is 1.42. The van der Waals surface area contributed by atoms with Gasteiger partial charge in [0.1, 0.15) is 6.61 Å². The molecule has 0 spiro atoms. The first-order valence-corrected chi connectivity index (χ1v) is 4.85. The van der Waals surface area contributed by atoms with Crippen LogP contribution in [0.25, 0.3) is 0 Å². The molecule has 0 atom stereocenters. The maximum Gasteiger partial charge on any atom is 0.158 e. The summed E-state index contributed by atoms with van der Waals surface area (Å²) < 4.78 is 4.74. The van der Waals surface area contributed by atoms with Crippen LogP contribution in [-0.2, 0) is 16.0 Å². The third-order valence-corrected chi connectivity index (χ3v) is 2.12. The van der Waals surface area contributed by atoms with E-state index in [9.17, 15) is 4.79 Å². The maximum absolute atomic E-state index is 11.1. The second-order valence-electron chi connectivity index (χ2n) is 3.10. The van der Waals surface area contributed by atoms with E-state index in [1.165, 1.54) is 7.11 Å². The molecule has 1 aromatic rings. The number of aryl methyl sites for hydroxylation is 1. The number of ether oxygens (including phenoxy) is 1. The van der Waals surface area contributed by atoms with Gasteiger partial charge in [-0.1, -0.05) is 23.7 Å². The first kappa shape index (κ1) is 11.2. The number of rotatable bonds is 5. The Balaban J connectivity index is 2.41. The van der Waals surface area contributed by atoms with E-state index in [0.29, 0.717) is 11.4 Å². The Morgan fingerprint density at radius 1 is 1.50 bits per heavy atom. The first-order chi connectivity index (χ1) is 6.72. The minimum Gasteiger partial charge on any atom is -0.377 e. The smallest absolute Gasteiger partial charge is 0.158 e. The highest BCUT2D eigenvalue weighted by Crippen LogP contribution is 2.12. The summed E-state index contributed by atoms with van der Waals surface area (Å²) in [6.07, 6.45) is 1.23. The van der Waals surface area contributed by atoms with E-state index in [-0.39, 0.29) is 12.4 Å². The van der Waals surface area contributed by atoms with Gasteiger partial charge in [0.15, 0.2) is 5.78 Å². The molecular formula is C11H13ClO2. The number of hydrogen-bond acceptors (Lipinski definition) is 2. The Labute approximate surface area is 88.8 Å². The van der Waals surface area contributed by atoms with Crippen LogP contribution in [-0.4, -0.2) is 19.5 Å². The standard InChI is InChI=1S/C11H13ClO2/c1-14-8-11(13)6-5-9-3-2-4-10(12)7-9/h2-4,7H,5-6,8H2,1H3. The van der Waals surface area contributed by atoms with Crippen molar-refractivity contribution in [1.29, 1.82) is 0 Å². The Kier molecular flexibility index (Phi) is 4.63. The number of hydrogen-bond donors (Lipinski definition) is 0. The van der Waals surface area contributed by atoms with E-state index in [0.717, 1.165) is 12.0 Å². The quantitative estimate of drug-likeness (QED) is 0.750. The first-order valence-electron chi connectivity index (χ1n) is 4.47. The Bertz CT molecular complexity index is 310. The summed E-state index contributed by atoms with van der Waals surface area (Å²) in [5.41, 5.74) is 1.09. The van der Waals surface area contributed by atoms with Gasteiger partial charge >= 0.3 is 0 Å². The van der Waals surface area contributed by atoms with Gasteiger partial charge in [-0.15, -0.1) is 0 Å². The average molecular weight is 213 g/mol. The molecule has 0 heterocycles. The third-order valence-electron chi connectivity index (χ3n) is 1.89. The highest BCUT2D eigenvalue weighted by Gasteiger charge is 2.01. The molecule has 0 aliphatic carbocycles. The number of carbonyl (C=O) groups is 1. The predicted octanol–water partition coefficient (Wildman–Crippen LogP) is 2.49. The second kappa shape index (κ2) is 5.78. The molecule has 0 bridgehead atoms. The van der Waals surface area contributed by atoms with E-state index in [1.54, 1.807) is 0 Å². The predicted molar refractivity (Wildman–Crippen MR) is 56.7 cm³/mol. The van der Waals surface area contributed by atoms with Gasteiger partial charge in [-0.25, -0.2) is 0 Å². The van der Waals surface area contributed by atoms with Crippen LogP contribution in [0.1, 0.15) is 12.0 Å². The molecule has 14 heavy (non-hydrogen) atoms. The molecule has 0 unspecified atom stereocenters. The van der Waals surface area contributed by atoms with Gasteiger partial charge in [0, 0.05) is 18.6 Å². The molecule has 2 nitrogen and oxygen atoms in total. The molecule has 0 fully saturated rings. The largest absolute Gasteiger partial charge is 0.377 e. The van der Waals surface area contributed by atoms with Crippen molar-refractivity contribution in [1.82, 2.24) is 0 Å². The molecule has 0 N–H and O–H groups in total. The summed E-state index contributed by atoms with van der Waals surface area (Å²) >= 11 is 5.81. The van der Waals surface area contributed by atoms with Gasteiger partial charge in [-0.05, 0) is 24.1 Å². The summed E-state index contributed by atoms with van der Waals surface area (Å²) in [4.78, 5) is 11.1. The minimum absolute atomic E-state index is 0.118. The van der Waals surface area contributed by atoms with Gasteiger partial charge in [0.05, 0.1) is 0 Å². The number of methoxy groups -OCH3 is 1. The van der Waals surface area contributed by atoms with E-state index >= 15 is 0 Å². The lowest BCUT2D eigenvalue weighted by molar-refractivity contribution is -0.122. The number of carbonyl (C=O) groups excluding carboxylic acids is 1. The Morgan fingerprint density at radius 2 is 2.29 bits per heavy atom. The summed E-state index contributed by atoms with van der Waals surface area (Å²) in [6.45, 7) is 0.195. The second-order valence-corrected chi connectivity index (χ2v) is 3.54. The summed E-state index contributed by atoms with van der Waals surface area (Å²) in [7, 11) is 1.53. The molecule has 0 amide bonds. The van der Waals surface area contributed by atoms with Crippen LogP contribution >= 0.6 is 11.6 Å². The molecule has 0 saturated heterocycles. The lowest BCUT2D eigenvalue weighted by Gasteiger charge is -2.01. The van der Waals surface area contributed by atoms with Crippen LogP contribution in [0.5, 0.6) is 0 Å². The van der Waals surface area contributed by atoms with Crippen LogP contribution in [0, 0.1) is 0 Å². The van der Waals surface area contributed by atoms with Crippen molar-refractivity contribution in [2.24, 2.45) is 0 Å². The van der Waals surface area contributed by atoms with Gasteiger partial charge in [-0.2, -0.15) is 0 Å². The number of Topliss-reactive ketones (excluding diaryl/α,β-unsaturated/α-hetero) is 1. The third kappa shape index (κ3) is 3.90. The summed E-state index contributed by atoms with van der Waals surface area (Å²) in [6, 6.07) is 7.55. The number of halogens is 1. The van der Waals surface area contributed by atoms with Crippen LogP contribution in [0.15, 0.2) is 24.3 Å². The Morgan fingerprint density at radius 3 is 2.93 bits per heavy atom. The normalized spacial score (nSPS) is 10.1. The molecule has 0 aromatic heterocycles. The molecule has 0 aliphatic heterocycles. The van der Waals surface area contributed by atoms with Gasteiger partial charge in [-0.3, -0.25) is 4.79 Å². The van der Waals surface area contributed by atoms with E-state index < -0.39 is 0 Å². The molecule has 0 radical (unpaired) electrons. The van der Waals surface area contributed by atoms with E-state index in [1.807, 2.05) is 24.3 Å². The van der Waals surface area contributed by atoms with Crippen LogP contribution in [0.3, 0.4) is 0 Å². The van der Waals surface area contributed by atoms with Crippen molar-refractivity contribution in [3.05, 3.63) is 34.9 Å². The summed E-state index contributed by atoms with van der Waals surface area (Å²) in [5.74, 6) is 0.118. The SMILES string of the molecule is COCC(=O)CCc1cccc(Cl)c1. The highest BCUT2D eigenvalue weighted by atomic mass is 35.5. The van der Waals surface area contributed by atoms with Gasteiger partial charge in [0.2, 0.25) is 0 Å². The maximum atomic E-state index is 11.1. The Hall–Kier alpha value is -0.860. The zero-order valence-corrected chi connectivity index (χ0v) is 8.88. The number of benzene rings is 1. The average Bonchev–Trinajstić information content (AvgIpc) is 2.15. The minimum atomic E-state index is 0.118. The van der Waals surface area contributed by atoms with Gasteiger partial charge < -0.3 is 4.74 Å². The molecule has 0 aliphatic rings. The fraction of sp³-hybridized carbons (Fsp3) is 0.364. The molecular weight excluding hydrogens is 200 g/mol. The van der Waals surface area contributed by atoms with Crippen LogP contribution in [0.4, 0.5) is 0 Å². The van der Waals surface area contributed by atoms with Crippen LogP contribution in [0.2, 0.25) is 5.02 Å². The molecule has 3 heteroatoms. The lowest BCUT2D eigenvalue weighted by Crippen LogP contribution is -2.07. The molecule has 1 rings (SSSR count). The fourth-order valence-electron chi connectivity index (χ4n) is 1.21. The zero-order chi connectivity index (χ0) is 10.4. The van der Waals surface area contributed by atoms with Crippen LogP contribution < -0.4 is 0 Å². The van der Waals surface area contributed by atoms with Crippen molar-refractivity contribution in [3.63, 3.8) is 0 Å². The van der Waals surface area contributed by atoms with Gasteiger partial charge in [0.25, 0.3) is 0 Å². The molecule has 0 saturated carbocycles. The molecule has 76 valence electrons. The lowest BCUT2D eigenvalue weighted by atomic mass is 10.1. The van der Waals surface area contributed by atoms with Crippen molar-refractivity contribution in [2.45, 2.75) is 12.8 Å². The number of ketones is 1. The van der Waals surface area contributed by atoms with Crippen molar-refractivity contribution >= 4 is 17.4 Å². The topological polar surface area (TPSA) is 26.3 Å². The van der Waals surface area contributed by atoms with E-state index in [4.69, 9.17) is 16.3 Å². The monoisotopic (exact) mass is 212 g/mol. The van der Waals surface area contributed by atoms with Crippen molar-refractivity contribution in [3.8, 4) is 0 Å². The molecule has 1 aromatic carbocycles. The van der Waals surface area contributed by atoms with E-state index in [2.05, 4.69) is 0 Å². The highest BCUT2D eigenvalue weighted by molar-refractivity contribution is 6.30. The summed E-state index contributed by atoms with van der Waals surface area (Å²) in [5, 5.41) is 0.710.